The van der Waals surface area contributed by atoms with Crippen LogP contribution in [0.2, 0.25) is 0 Å². The first kappa shape index (κ1) is 10.8. The molecule has 0 aliphatic rings. The lowest BCUT2D eigenvalue weighted by atomic mass is 10.0. The first-order valence-corrected chi connectivity index (χ1v) is 3.97. The molecule has 78 valence electrons. The number of aliphatic hydroxyl groups is 1. The SMILES string of the molecule is CC(O)c1cccc(C(F)(F)F)c1N. The molecule has 14 heavy (non-hydrogen) atoms. The smallest absolute Gasteiger partial charge is 0.398 e. The molecule has 2 nitrogen and oxygen atoms in total. The fourth-order valence-electron chi connectivity index (χ4n) is 1.19. The number of para-hydroxylation sites is 1. The second-order valence-electron chi connectivity index (χ2n) is 2.98. The van der Waals surface area contributed by atoms with Gasteiger partial charge in [0.05, 0.1) is 11.7 Å². The molecule has 0 saturated carbocycles. The summed E-state index contributed by atoms with van der Waals surface area (Å²) < 4.78 is 37.0. The summed E-state index contributed by atoms with van der Waals surface area (Å²) in [5, 5.41) is 9.15. The number of alkyl halides is 3. The number of anilines is 1. The fraction of sp³-hybridized carbons (Fsp3) is 0.333. The Morgan fingerprint density at radius 3 is 2.36 bits per heavy atom. The standard InChI is InChI=1S/C9H10F3NO/c1-5(14)6-3-2-4-7(8(6)13)9(10,11)12/h2-5,14H,13H2,1H3. The molecule has 1 aromatic carbocycles. The number of hydrogen-bond donors (Lipinski definition) is 2. The molecule has 0 aliphatic heterocycles. The molecule has 5 heteroatoms. The van der Waals surface area contributed by atoms with Crippen molar-refractivity contribution in [3.05, 3.63) is 29.3 Å². The van der Waals surface area contributed by atoms with Gasteiger partial charge >= 0.3 is 6.18 Å². The third-order valence-electron chi connectivity index (χ3n) is 1.90. The lowest BCUT2D eigenvalue weighted by Gasteiger charge is -2.14. The molecular weight excluding hydrogens is 195 g/mol. The Morgan fingerprint density at radius 2 is 1.93 bits per heavy atom. The zero-order chi connectivity index (χ0) is 10.9. The predicted octanol–water partition coefficient (Wildman–Crippen LogP) is 2.34. The Bertz CT molecular complexity index is 333. The van der Waals surface area contributed by atoms with Gasteiger partial charge in [0.2, 0.25) is 0 Å². The second kappa shape index (κ2) is 3.49. The number of nitrogens with two attached hydrogens (primary N) is 1. The van der Waals surface area contributed by atoms with Crippen LogP contribution in [0, 0.1) is 0 Å². The summed E-state index contributed by atoms with van der Waals surface area (Å²) >= 11 is 0. The first-order valence-electron chi connectivity index (χ1n) is 3.97. The third kappa shape index (κ3) is 1.98. The molecule has 0 radical (unpaired) electrons. The summed E-state index contributed by atoms with van der Waals surface area (Å²) in [5.41, 5.74) is 4.07. The van der Waals surface area contributed by atoms with Crippen LogP contribution in [0.15, 0.2) is 18.2 Å². The van der Waals surface area contributed by atoms with Crippen LogP contribution in [-0.4, -0.2) is 5.11 Å². The van der Waals surface area contributed by atoms with Crippen molar-refractivity contribution in [1.29, 1.82) is 0 Å². The summed E-state index contributed by atoms with van der Waals surface area (Å²) in [6.45, 7) is 1.37. The largest absolute Gasteiger partial charge is 0.418 e. The van der Waals surface area contributed by atoms with Gasteiger partial charge in [-0.25, -0.2) is 0 Å². The quantitative estimate of drug-likeness (QED) is 0.691. The number of rotatable bonds is 1. The summed E-state index contributed by atoms with van der Waals surface area (Å²) in [4.78, 5) is 0. The number of hydrogen-bond acceptors (Lipinski definition) is 2. The molecular formula is C9H10F3NO. The van der Waals surface area contributed by atoms with Crippen LogP contribution in [0.3, 0.4) is 0 Å². The van der Waals surface area contributed by atoms with E-state index in [1.807, 2.05) is 0 Å². The average Bonchev–Trinajstić information content (AvgIpc) is 2.01. The van der Waals surface area contributed by atoms with Crippen LogP contribution in [-0.2, 0) is 6.18 Å². The molecule has 0 aromatic heterocycles. The van der Waals surface area contributed by atoms with Crippen LogP contribution in [0.1, 0.15) is 24.2 Å². The van der Waals surface area contributed by atoms with Crippen LogP contribution in [0.4, 0.5) is 18.9 Å². The Morgan fingerprint density at radius 1 is 1.36 bits per heavy atom. The summed E-state index contributed by atoms with van der Waals surface area (Å²) in [5.74, 6) is 0. The van der Waals surface area contributed by atoms with Gasteiger partial charge < -0.3 is 10.8 Å². The number of nitrogen functional groups attached to an aromatic ring is 1. The van der Waals surface area contributed by atoms with Gasteiger partial charge in [-0.15, -0.1) is 0 Å². The topological polar surface area (TPSA) is 46.2 Å². The van der Waals surface area contributed by atoms with E-state index in [4.69, 9.17) is 10.8 Å². The van der Waals surface area contributed by atoms with E-state index in [1.54, 1.807) is 0 Å². The first-order chi connectivity index (χ1) is 6.34. The molecule has 0 saturated heterocycles. The molecule has 1 rings (SSSR count). The molecule has 0 bridgehead atoms. The molecule has 1 atom stereocenters. The molecule has 1 aromatic rings. The molecule has 0 amide bonds. The van der Waals surface area contributed by atoms with Crippen LogP contribution >= 0.6 is 0 Å². The maximum Gasteiger partial charge on any atom is 0.418 e. The van der Waals surface area contributed by atoms with E-state index < -0.39 is 23.5 Å². The lowest BCUT2D eigenvalue weighted by molar-refractivity contribution is -0.137. The molecule has 3 N–H and O–H groups in total. The van der Waals surface area contributed by atoms with Crippen molar-refractivity contribution in [1.82, 2.24) is 0 Å². The van der Waals surface area contributed by atoms with Crippen molar-refractivity contribution < 1.29 is 18.3 Å². The van der Waals surface area contributed by atoms with E-state index >= 15 is 0 Å². The Kier molecular flexibility index (Phi) is 2.71. The van der Waals surface area contributed by atoms with Crippen molar-refractivity contribution in [3.63, 3.8) is 0 Å². The second-order valence-corrected chi connectivity index (χ2v) is 2.98. The summed E-state index contributed by atoms with van der Waals surface area (Å²) in [7, 11) is 0. The van der Waals surface area contributed by atoms with Crippen LogP contribution < -0.4 is 5.73 Å². The Hall–Kier alpha value is -1.23. The van der Waals surface area contributed by atoms with Gasteiger partial charge in [-0.3, -0.25) is 0 Å². The fourth-order valence-corrected chi connectivity index (χ4v) is 1.19. The van der Waals surface area contributed by atoms with Crippen molar-refractivity contribution >= 4 is 5.69 Å². The van der Waals surface area contributed by atoms with Gasteiger partial charge in [0.25, 0.3) is 0 Å². The minimum absolute atomic E-state index is 0.0971. The summed E-state index contributed by atoms with van der Waals surface area (Å²) in [6.07, 6.45) is -5.48. The van der Waals surface area contributed by atoms with Gasteiger partial charge in [0, 0.05) is 11.3 Å². The van der Waals surface area contributed by atoms with Gasteiger partial charge in [0.15, 0.2) is 0 Å². The van der Waals surface area contributed by atoms with Gasteiger partial charge in [-0.1, -0.05) is 12.1 Å². The van der Waals surface area contributed by atoms with E-state index in [9.17, 15) is 13.2 Å². The number of aliphatic hydroxyl groups excluding tert-OH is 1. The van der Waals surface area contributed by atoms with Crippen molar-refractivity contribution in [2.24, 2.45) is 0 Å². The van der Waals surface area contributed by atoms with Crippen LogP contribution in [0.5, 0.6) is 0 Å². The maximum absolute atomic E-state index is 12.3. The van der Waals surface area contributed by atoms with E-state index in [1.165, 1.54) is 19.1 Å². The zero-order valence-corrected chi connectivity index (χ0v) is 7.47. The van der Waals surface area contributed by atoms with Crippen molar-refractivity contribution in [2.45, 2.75) is 19.2 Å². The predicted molar refractivity (Wildman–Crippen MR) is 46.5 cm³/mol. The van der Waals surface area contributed by atoms with E-state index in [-0.39, 0.29) is 5.56 Å². The third-order valence-corrected chi connectivity index (χ3v) is 1.90. The normalized spacial score (nSPS) is 14.1. The van der Waals surface area contributed by atoms with E-state index in [0.29, 0.717) is 0 Å². The molecule has 0 fully saturated rings. The van der Waals surface area contributed by atoms with Crippen LogP contribution in [0.25, 0.3) is 0 Å². The summed E-state index contributed by atoms with van der Waals surface area (Å²) in [6, 6.07) is 3.48. The highest BCUT2D eigenvalue weighted by Gasteiger charge is 2.33. The average molecular weight is 205 g/mol. The Labute approximate surface area is 79.2 Å². The van der Waals surface area contributed by atoms with Gasteiger partial charge in [-0.05, 0) is 13.0 Å². The molecule has 1 unspecified atom stereocenters. The molecule has 0 aliphatic carbocycles. The highest BCUT2D eigenvalue weighted by Crippen LogP contribution is 2.36. The minimum Gasteiger partial charge on any atom is -0.398 e. The molecule has 0 spiro atoms. The van der Waals surface area contributed by atoms with Gasteiger partial charge in [-0.2, -0.15) is 13.2 Å². The number of benzene rings is 1. The van der Waals surface area contributed by atoms with Crippen molar-refractivity contribution in [2.75, 3.05) is 5.73 Å². The maximum atomic E-state index is 12.3. The minimum atomic E-state index is -4.48. The lowest BCUT2D eigenvalue weighted by Crippen LogP contribution is -2.11. The highest BCUT2D eigenvalue weighted by atomic mass is 19.4. The van der Waals surface area contributed by atoms with Gasteiger partial charge in [0.1, 0.15) is 0 Å². The van der Waals surface area contributed by atoms with E-state index in [0.717, 1.165) is 6.07 Å². The highest BCUT2D eigenvalue weighted by molar-refractivity contribution is 5.55. The monoisotopic (exact) mass is 205 g/mol. The zero-order valence-electron chi connectivity index (χ0n) is 7.47. The Balaban J connectivity index is 3.28. The van der Waals surface area contributed by atoms with E-state index in [2.05, 4.69) is 0 Å². The van der Waals surface area contributed by atoms with Crippen molar-refractivity contribution in [3.8, 4) is 0 Å². The number of halogens is 3. The molecule has 0 heterocycles.